The molecule has 0 saturated heterocycles. The van der Waals surface area contributed by atoms with E-state index in [1.807, 2.05) is 0 Å². The summed E-state index contributed by atoms with van der Waals surface area (Å²) in [5.74, 6) is 0. The fraction of sp³-hybridized carbons (Fsp3) is 0.250. The average Bonchev–Trinajstić information content (AvgIpc) is 2.15. The van der Waals surface area contributed by atoms with E-state index >= 15 is 0 Å². The average molecular weight is 262 g/mol. The van der Waals surface area contributed by atoms with Crippen molar-refractivity contribution in [3.63, 3.8) is 0 Å². The summed E-state index contributed by atoms with van der Waals surface area (Å²) >= 11 is 3.08. The van der Waals surface area contributed by atoms with Crippen LogP contribution in [0.1, 0.15) is 11.7 Å². The van der Waals surface area contributed by atoms with Crippen molar-refractivity contribution < 1.29 is 15.1 Å². The third-order valence-corrected chi connectivity index (χ3v) is 2.13. The highest BCUT2D eigenvalue weighted by atomic mass is 79.9. The summed E-state index contributed by atoms with van der Waals surface area (Å²) in [7, 11) is 0. The highest BCUT2D eigenvalue weighted by Crippen LogP contribution is 2.24. The Morgan fingerprint density at radius 2 is 2.14 bits per heavy atom. The largest absolute Gasteiger partial charge is 0.393 e. The van der Waals surface area contributed by atoms with Gasteiger partial charge in [0.05, 0.1) is 11.5 Å². The molecule has 0 heterocycles. The zero-order valence-electron chi connectivity index (χ0n) is 7.05. The van der Waals surface area contributed by atoms with E-state index in [4.69, 9.17) is 5.11 Å². The van der Waals surface area contributed by atoms with Crippen LogP contribution in [0.5, 0.6) is 0 Å². The first-order valence-electron chi connectivity index (χ1n) is 3.78. The summed E-state index contributed by atoms with van der Waals surface area (Å²) in [4.78, 5) is 9.90. The quantitative estimate of drug-likeness (QED) is 0.636. The van der Waals surface area contributed by atoms with E-state index in [0.29, 0.717) is 10.0 Å². The summed E-state index contributed by atoms with van der Waals surface area (Å²) < 4.78 is 0.495. The molecular weight excluding hydrogens is 254 g/mol. The fourth-order valence-electron chi connectivity index (χ4n) is 0.999. The predicted molar refractivity (Wildman–Crippen MR) is 52.8 cm³/mol. The lowest BCUT2D eigenvalue weighted by Crippen LogP contribution is -2.03. The molecule has 1 atom stereocenters. The van der Waals surface area contributed by atoms with Crippen molar-refractivity contribution in [2.75, 3.05) is 6.61 Å². The van der Waals surface area contributed by atoms with Crippen LogP contribution in [0, 0.1) is 10.1 Å². The lowest BCUT2D eigenvalue weighted by atomic mass is 10.1. The Morgan fingerprint density at radius 1 is 1.50 bits per heavy atom. The summed E-state index contributed by atoms with van der Waals surface area (Å²) in [6.07, 6.45) is -1.09. The van der Waals surface area contributed by atoms with Gasteiger partial charge in [-0.05, 0) is 11.6 Å². The molecule has 0 radical (unpaired) electrons. The van der Waals surface area contributed by atoms with E-state index in [0.717, 1.165) is 0 Å². The SMILES string of the molecule is O=[N+]([O-])c1cc(Br)cc(C(O)CO)c1. The Morgan fingerprint density at radius 3 is 2.64 bits per heavy atom. The standard InChI is InChI=1S/C8H8BrNO4/c9-6-1-5(8(12)4-11)2-7(3-6)10(13)14/h1-3,8,11-12H,4H2. The summed E-state index contributed by atoms with van der Waals surface area (Å²) in [6, 6.07) is 4.08. The molecule has 0 fully saturated rings. The number of nitro benzene ring substituents is 1. The number of aliphatic hydroxyl groups is 2. The molecule has 76 valence electrons. The maximum atomic E-state index is 10.5. The zero-order valence-corrected chi connectivity index (χ0v) is 8.64. The number of nitrogens with zero attached hydrogens (tertiary/aromatic N) is 1. The maximum Gasteiger partial charge on any atom is 0.270 e. The fourth-order valence-corrected chi connectivity index (χ4v) is 1.50. The molecule has 1 unspecified atom stereocenters. The van der Waals surface area contributed by atoms with Crippen LogP contribution in [-0.2, 0) is 0 Å². The van der Waals surface area contributed by atoms with Crippen molar-refractivity contribution >= 4 is 21.6 Å². The van der Waals surface area contributed by atoms with Gasteiger partial charge in [-0.15, -0.1) is 0 Å². The first kappa shape index (κ1) is 11.1. The van der Waals surface area contributed by atoms with Gasteiger partial charge in [-0.3, -0.25) is 10.1 Å². The maximum absolute atomic E-state index is 10.5. The third-order valence-electron chi connectivity index (χ3n) is 1.67. The molecule has 14 heavy (non-hydrogen) atoms. The van der Waals surface area contributed by atoms with Gasteiger partial charge in [0, 0.05) is 16.6 Å². The van der Waals surface area contributed by atoms with E-state index < -0.39 is 17.6 Å². The van der Waals surface area contributed by atoms with Crippen LogP contribution in [0.3, 0.4) is 0 Å². The molecule has 2 N–H and O–H groups in total. The number of rotatable bonds is 3. The Kier molecular flexibility index (Phi) is 3.56. The molecule has 1 aromatic rings. The van der Waals surface area contributed by atoms with Gasteiger partial charge in [0.15, 0.2) is 0 Å². The minimum atomic E-state index is -1.09. The van der Waals surface area contributed by atoms with Crippen molar-refractivity contribution in [1.29, 1.82) is 0 Å². The molecule has 0 spiro atoms. The number of non-ortho nitro benzene ring substituents is 1. The summed E-state index contributed by atoms with van der Waals surface area (Å²) in [5.41, 5.74) is 0.190. The van der Waals surface area contributed by atoms with Crippen molar-refractivity contribution in [3.05, 3.63) is 38.3 Å². The highest BCUT2D eigenvalue weighted by Gasteiger charge is 2.13. The van der Waals surface area contributed by atoms with Gasteiger partial charge in [-0.2, -0.15) is 0 Å². The Bertz CT molecular complexity index is 355. The van der Waals surface area contributed by atoms with Gasteiger partial charge in [0.1, 0.15) is 6.10 Å². The van der Waals surface area contributed by atoms with Gasteiger partial charge >= 0.3 is 0 Å². The Hall–Kier alpha value is -0.980. The molecule has 6 heteroatoms. The molecule has 0 saturated carbocycles. The smallest absolute Gasteiger partial charge is 0.270 e. The number of halogens is 1. The number of aliphatic hydroxyl groups excluding tert-OH is 2. The number of hydrogen-bond acceptors (Lipinski definition) is 4. The number of nitro groups is 1. The molecule has 0 bridgehead atoms. The van der Waals surface area contributed by atoms with Gasteiger partial charge in [0.2, 0.25) is 0 Å². The van der Waals surface area contributed by atoms with E-state index in [1.54, 1.807) is 0 Å². The molecular formula is C8H8BrNO4. The van der Waals surface area contributed by atoms with Gasteiger partial charge in [0.25, 0.3) is 5.69 Å². The lowest BCUT2D eigenvalue weighted by Gasteiger charge is -2.07. The second kappa shape index (κ2) is 4.50. The monoisotopic (exact) mass is 261 g/mol. The number of benzene rings is 1. The van der Waals surface area contributed by atoms with Crippen LogP contribution in [0.4, 0.5) is 5.69 Å². The van der Waals surface area contributed by atoms with Crippen LogP contribution < -0.4 is 0 Å². The zero-order chi connectivity index (χ0) is 10.7. The molecule has 0 aliphatic heterocycles. The summed E-state index contributed by atoms with van der Waals surface area (Å²) in [6.45, 7) is -0.465. The normalized spacial score (nSPS) is 12.5. The Balaban J connectivity index is 3.13. The molecule has 1 rings (SSSR count). The second-order valence-electron chi connectivity index (χ2n) is 2.70. The molecule has 0 amide bonds. The van der Waals surface area contributed by atoms with E-state index in [1.165, 1.54) is 18.2 Å². The van der Waals surface area contributed by atoms with E-state index in [9.17, 15) is 15.2 Å². The second-order valence-corrected chi connectivity index (χ2v) is 3.61. The first-order valence-corrected chi connectivity index (χ1v) is 4.57. The van der Waals surface area contributed by atoms with Crippen LogP contribution in [0.15, 0.2) is 22.7 Å². The third kappa shape index (κ3) is 2.50. The van der Waals surface area contributed by atoms with Crippen LogP contribution >= 0.6 is 15.9 Å². The minimum Gasteiger partial charge on any atom is -0.393 e. The molecule has 0 aliphatic rings. The van der Waals surface area contributed by atoms with Crippen molar-refractivity contribution in [2.24, 2.45) is 0 Å². The van der Waals surface area contributed by atoms with E-state index in [2.05, 4.69) is 15.9 Å². The molecule has 0 aliphatic carbocycles. The molecule has 1 aromatic carbocycles. The molecule has 5 nitrogen and oxygen atoms in total. The lowest BCUT2D eigenvalue weighted by molar-refractivity contribution is -0.385. The van der Waals surface area contributed by atoms with Crippen LogP contribution in [-0.4, -0.2) is 21.7 Å². The molecule has 0 aromatic heterocycles. The summed E-state index contributed by atoms with van der Waals surface area (Å²) in [5, 5.41) is 28.4. The number of hydrogen-bond donors (Lipinski definition) is 2. The van der Waals surface area contributed by atoms with Gasteiger partial charge < -0.3 is 10.2 Å². The minimum absolute atomic E-state index is 0.123. The highest BCUT2D eigenvalue weighted by molar-refractivity contribution is 9.10. The van der Waals surface area contributed by atoms with Gasteiger partial charge in [-0.25, -0.2) is 0 Å². The van der Waals surface area contributed by atoms with E-state index in [-0.39, 0.29) is 5.69 Å². The van der Waals surface area contributed by atoms with Crippen molar-refractivity contribution in [1.82, 2.24) is 0 Å². The topological polar surface area (TPSA) is 83.6 Å². The van der Waals surface area contributed by atoms with Crippen LogP contribution in [0.25, 0.3) is 0 Å². The first-order chi connectivity index (χ1) is 6.54. The predicted octanol–water partition coefficient (Wildman–Crippen LogP) is 1.38. The van der Waals surface area contributed by atoms with Gasteiger partial charge in [-0.1, -0.05) is 15.9 Å². The van der Waals surface area contributed by atoms with Crippen molar-refractivity contribution in [2.45, 2.75) is 6.10 Å². The van der Waals surface area contributed by atoms with Crippen molar-refractivity contribution in [3.8, 4) is 0 Å². The Labute approximate surface area is 88.3 Å². The van der Waals surface area contributed by atoms with Crippen LogP contribution in [0.2, 0.25) is 0 Å².